The number of hydrogen-bond donors (Lipinski definition) is 1. The molecule has 2 saturated carbocycles. The van der Waals surface area contributed by atoms with Gasteiger partial charge in [-0.05, 0) is 23.7 Å². The van der Waals surface area contributed by atoms with Crippen molar-refractivity contribution < 1.29 is 5.11 Å². The van der Waals surface area contributed by atoms with Crippen molar-refractivity contribution in [3.8, 4) is 0 Å². The lowest BCUT2D eigenvalue weighted by Crippen LogP contribution is -2.36. The van der Waals surface area contributed by atoms with Crippen LogP contribution in [0.15, 0.2) is 12.2 Å². The first kappa shape index (κ1) is 8.31. The van der Waals surface area contributed by atoms with Crippen molar-refractivity contribution in [2.24, 2.45) is 16.7 Å². The van der Waals surface area contributed by atoms with Gasteiger partial charge < -0.3 is 5.11 Å². The standard InChI is InChI=1S/C11H18O/c1-7-8-5-11(4,6-9(8)12)10(7,2)3/h8-9,12H,1,5-6H2,2-4H3. The summed E-state index contributed by atoms with van der Waals surface area (Å²) in [4.78, 5) is 0. The normalized spacial score (nSPS) is 50.2. The second-order valence-corrected chi connectivity index (χ2v) is 5.29. The first-order valence-corrected chi connectivity index (χ1v) is 4.76. The molecule has 3 unspecified atom stereocenters. The molecule has 12 heavy (non-hydrogen) atoms. The average Bonchev–Trinajstić information content (AvgIpc) is 2.32. The topological polar surface area (TPSA) is 20.2 Å². The molecule has 68 valence electrons. The second kappa shape index (κ2) is 1.95. The highest BCUT2D eigenvalue weighted by molar-refractivity contribution is 5.29. The van der Waals surface area contributed by atoms with Crippen molar-refractivity contribution >= 4 is 0 Å². The second-order valence-electron chi connectivity index (χ2n) is 5.29. The molecule has 1 heteroatoms. The zero-order valence-corrected chi connectivity index (χ0v) is 8.22. The maximum Gasteiger partial charge on any atom is 0.0611 e. The van der Waals surface area contributed by atoms with Crippen molar-refractivity contribution in [1.29, 1.82) is 0 Å². The number of rotatable bonds is 0. The highest BCUT2D eigenvalue weighted by atomic mass is 16.3. The Morgan fingerprint density at radius 3 is 2.25 bits per heavy atom. The van der Waals surface area contributed by atoms with Gasteiger partial charge in [-0.3, -0.25) is 0 Å². The van der Waals surface area contributed by atoms with Crippen LogP contribution in [-0.2, 0) is 0 Å². The van der Waals surface area contributed by atoms with Crippen LogP contribution in [0.2, 0.25) is 0 Å². The lowest BCUT2D eigenvalue weighted by molar-refractivity contribution is 0.0683. The van der Waals surface area contributed by atoms with Gasteiger partial charge in [0, 0.05) is 5.92 Å². The largest absolute Gasteiger partial charge is 0.392 e. The van der Waals surface area contributed by atoms with Gasteiger partial charge in [-0.2, -0.15) is 0 Å². The maximum absolute atomic E-state index is 9.73. The van der Waals surface area contributed by atoms with E-state index >= 15 is 0 Å². The van der Waals surface area contributed by atoms with E-state index in [0.717, 1.165) is 12.8 Å². The van der Waals surface area contributed by atoms with Crippen LogP contribution < -0.4 is 0 Å². The van der Waals surface area contributed by atoms with Crippen molar-refractivity contribution in [1.82, 2.24) is 0 Å². The Hall–Kier alpha value is -0.300. The average molecular weight is 166 g/mol. The van der Waals surface area contributed by atoms with Crippen LogP contribution in [0.1, 0.15) is 33.6 Å². The minimum Gasteiger partial charge on any atom is -0.392 e. The fourth-order valence-corrected chi connectivity index (χ4v) is 3.03. The molecular weight excluding hydrogens is 148 g/mol. The number of hydrogen-bond acceptors (Lipinski definition) is 1. The Morgan fingerprint density at radius 1 is 1.33 bits per heavy atom. The zero-order valence-electron chi connectivity index (χ0n) is 8.22. The van der Waals surface area contributed by atoms with Crippen LogP contribution >= 0.6 is 0 Å². The Labute approximate surface area is 74.5 Å². The molecule has 0 amide bonds. The minimum atomic E-state index is -0.115. The monoisotopic (exact) mass is 166 g/mol. The minimum absolute atomic E-state index is 0.115. The number of fused-ring (bicyclic) bond motifs is 2. The summed E-state index contributed by atoms with van der Waals surface area (Å²) in [6.07, 6.45) is 1.99. The molecule has 0 saturated heterocycles. The summed E-state index contributed by atoms with van der Waals surface area (Å²) in [6, 6.07) is 0. The molecule has 2 bridgehead atoms. The van der Waals surface area contributed by atoms with E-state index in [1.165, 1.54) is 5.57 Å². The molecule has 0 aromatic carbocycles. The highest BCUT2D eigenvalue weighted by Crippen LogP contribution is 2.65. The molecule has 2 aliphatic carbocycles. The molecule has 1 N–H and O–H groups in total. The summed E-state index contributed by atoms with van der Waals surface area (Å²) in [6.45, 7) is 10.9. The van der Waals surface area contributed by atoms with E-state index in [4.69, 9.17) is 0 Å². The Bertz CT molecular complexity index is 241. The summed E-state index contributed by atoms with van der Waals surface area (Å²) >= 11 is 0. The van der Waals surface area contributed by atoms with E-state index in [1.807, 2.05) is 0 Å². The van der Waals surface area contributed by atoms with Crippen molar-refractivity contribution in [3.63, 3.8) is 0 Å². The van der Waals surface area contributed by atoms with Gasteiger partial charge in [-0.25, -0.2) is 0 Å². The third kappa shape index (κ3) is 0.687. The van der Waals surface area contributed by atoms with Crippen LogP contribution in [0, 0.1) is 16.7 Å². The molecule has 2 aliphatic rings. The van der Waals surface area contributed by atoms with E-state index in [1.54, 1.807) is 0 Å². The van der Waals surface area contributed by atoms with Crippen LogP contribution in [0.4, 0.5) is 0 Å². The van der Waals surface area contributed by atoms with Crippen LogP contribution in [-0.4, -0.2) is 11.2 Å². The number of aliphatic hydroxyl groups excluding tert-OH is 1. The van der Waals surface area contributed by atoms with Gasteiger partial charge in [0.25, 0.3) is 0 Å². The van der Waals surface area contributed by atoms with Crippen molar-refractivity contribution in [3.05, 3.63) is 12.2 Å². The number of aliphatic hydroxyl groups is 1. The lowest BCUT2D eigenvalue weighted by atomic mass is 9.64. The summed E-state index contributed by atoms with van der Waals surface area (Å²) in [7, 11) is 0. The molecule has 3 atom stereocenters. The molecule has 0 aliphatic heterocycles. The van der Waals surface area contributed by atoms with E-state index in [0.29, 0.717) is 11.3 Å². The first-order valence-electron chi connectivity index (χ1n) is 4.76. The summed E-state index contributed by atoms with van der Waals surface area (Å²) in [5, 5.41) is 9.73. The van der Waals surface area contributed by atoms with Crippen LogP contribution in [0.5, 0.6) is 0 Å². The Balaban J connectivity index is 2.43. The summed E-state index contributed by atoms with van der Waals surface area (Å²) < 4.78 is 0. The fraction of sp³-hybridized carbons (Fsp3) is 0.818. The molecule has 2 rings (SSSR count). The van der Waals surface area contributed by atoms with E-state index in [2.05, 4.69) is 27.4 Å². The van der Waals surface area contributed by atoms with E-state index in [9.17, 15) is 5.11 Å². The van der Waals surface area contributed by atoms with Gasteiger partial charge in [-0.1, -0.05) is 32.9 Å². The first-order chi connectivity index (χ1) is 5.38. The third-order valence-corrected chi connectivity index (χ3v) is 4.55. The molecular formula is C11H18O. The van der Waals surface area contributed by atoms with Gasteiger partial charge in [0.05, 0.1) is 6.10 Å². The predicted octanol–water partition coefficient (Wildman–Crippen LogP) is 2.36. The van der Waals surface area contributed by atoms with Gasteiger partial charge in [0.2, 0.25) is 0 Å². The van der Waals surface area contributed by atoms with Gasteiger partial charge >= 0.3 is 0 Å². The highest BCUT2D eigenvalue weighted by Gasteiger charge is 2.59. The lowest BCUT2D eigenvalue weighted by Gasteiger charge is -2.42. The summed E-state index contributed by atoms with van der Waals surface area (Å²) in [5.74, 6) is 0.380. The molecule has 0 radical (unpaired) electrons. The van der Waals surface area contributed by atoms with Crippen LogP contribution in [0.3, 0.4) is 0 Å². The molecule has 0 spiro atoms. The van der Waals surface area contributed by atoms with Gasteiger partial charge in [0.15, 0.2) is 0 Å². The molecule has 1 nitrogen and oxygen atoms in total. The van der Waals surface area contributed by atoms with Crippen LogP contribution in [0.25, 0.3) is 0 Å². The molecule has 2 fully saturated rings. The quantitative estimate of drug-likeness (QED) is 0.548. The van der Waals surface area contributed by atoms with E-state index < -0.39 is 0 Å². The molecule has 0 aromatic rings. The maximum atomic E-state index is 9.73. The summed E-state index contributed by atoms with van der Waals surface area (Å²) in [5.41, 5.74) is 1.80. The smallest absolute Gasteiger partial charge is 0.0611 e. The van der Waals surface area contributed by atoms with Gasteiger partial charge in [-0.15, -0.1) is 0 Å². The Morgan fingerprint density at radius 2 is 1.92 bits per heavy atom. The van der Waals surface area contributed by atoms with Crippen molar-refractivity contribution in [2.45, 2.75) is 39.7 Å². The van der Waals surface area contributed by atoms with Gasteiger partial charge in [0.1, 0.15) is 0 Å². The molecule has 0 aromatic heterocycles. The predicted molar refractivity (Wildman–Crippen MR) is 49.8 cm³/mol. The fourth-order valence-electron chi connectivity index (χ4n) is 3.03. The third-order valence-electron chi connectivity index (χ3n) is 4.55. The van der Waals surface area contributed by atoms with E-state index in [-0.39, 0.29) is 11.5 Å². The van der Waals surface area contributed by atoms with Crippen molar-refractivity contribution in [2.75, 3.05) is 0 Å². The zero-order chi connectivity index (χ0) is 9.15. The SMILES string of the molecule is C=C1C2CC(C)(CC2O)C1(C)C. The molecule has 0 heterocycles. The Kier molecular flexibility index (Phi) is 1.35.